The number of rotatable bonds is 2. The van der Waals surface area contributed by atoms with E-state index in [-0.39, 0.29) is 22.8 Å². The van der Waals surface area contributed by atoms with Crippen LogP contribution in [0.4, 0.5) is 13.2 Å². The predicted octanol–water partition coefficient (Wildman–Crippen LogP) is 5.07. The van der Waals surface area contributed by atoms with E-state index in [1.165, 1.54) is 30.3 Å². The second-order valence-corrected chi connectivity index (χ2v) is 6.27. The largest absolute Gasteiger partial charge is 0.472 e. The van der Waals surface area contributed by atoms with Gasteiger partial charge >= 0.3 is 6.18 Å². The van der Waals surface area contributed by atoms with Crippen molar-refractivity contribution in [2.24, 2.45) is 0 Å². The van der Waals surface area contributed by atoms with Gasteiger partial charge in [0, 0.05) is 17.5 Å². The van der Waals surface area contributed by atoms with E-state index in [1.807, 2.05) is 19.9 Å². The van der Waals surface area contributed by atoms with E-state index < -0.39 is 18.2 Å². The quantitative estimate of drug-likeness (QED) is 0.769. The molecule has 2 aromatic rings. The molecule has 0 N–H and O–H groups in total. The molecular formula is C19H16F3NO. The second kappa shape index (κ2) is 5.55. The van der Waals surface area contributed by atoms with Crippen molar-refractivity contribution in [3.05, 3.63) is 64.7 Å². The van der Waals surface area contributed by atoms with Gasteiger partial charge in [0.2, 0.25) is 5.60 Å². The summed E-state index contributed by atoms with van der Waals surface area (Å²) >= 11 is 0. The maximum atomic E-state index is 14.0. The van der Waals surface area contributed by atoms with Gasteiger partial charge in [0.05, 0.1) is 11.6 Å². The molecule has 0 amide bonds. The van der Waals surface area contributed by atoms with E-state index in [0.717, 1.165) is 5.56 Å². The lowest BCUT2D eigenvalue weighted by molar-refractivity contribution is -0.248. The molecule has 24 heavy (non-hydrogen) atoms. The lowest BCUT2D eigenvalue weighted by Crippen LogP contribution is -2.46. The van der Waals surface area contributed by atoms with E-state index in [1.54, 1.807) is 12.1 Å². The Bertz CT molecular complexity index is 803. The molecule has 2 nitrogen and oxygen atoms in total. The second-order valence-electron chi connectivity index (χ2n) is 6.27. The number of hydrogen-bond donors (Lipinski definition) is 0. The Labute approximate surface area is 138 Å². The lowest BCUT2D eigenvalue weighted by Gasteiger charge is -2.31. The third kappa shape index (κ3) is 2.43. The smallest absolute Gasteiger partial charge is 0.432 e. The summed E-state index contributed by atoms with van der Waals surface area (Å²) in [5.74, 6) is 0.354. The summed E-state index contributed by atoms with van der Waals surface area (Å²) in [5, 5.41) is 9.16. The van der Waals surface area contributed by atoms with Crippen molar-refractivity contribution in [2.45, 2.75) is 38.0 Å². The molecule has 0 unspecified atom stereocenters. The highest BCUT2D eigenvalue weighted by atomic mass is 19.4. The molecule has 0 spiro atoms. The highest BCUT2D eigenvalue weighted by molar-refractivity contribution is 5.52. The molecule has 0 aliphatic carbocycles. The minimum atomic E-state index is -4.60. The predicted molar refractivity (Wildman–Crippen MR) is 83.8 cm³/mol. The Hall–Kier alpha value is -2.48. The van der Waals surface area contributed by atoms with Gasteiger partial charge in [-0.1, -0.05) is 44.2 Å². The summed E-state index contributed by atoms with van der Waals surface area (Å²) in [7, 11) is 0. The molecule has 1 aliphatic rings. The van der Waals surface area contributed by atoms with Gasteiger partial charge in [-0.15, -0.1) is 0 Å². The number of nitrogens with zero attached hydrogens (tertiary/aromatic N) is 1. The highest BCUT2D eigenvalue weighted by Gasteiger charge is 2.61. The van der Waals surface area contributed by atoms with E-state index in [9.17, 15) is 13.2 Å². The normalized spacial score (nSPS) is 19.7. The summed E-state index contributed by atoms with van der Waals surface area (Å²) < 4.78 is 47.3. The Morgan fingerprint density at radius 3 is 2.33 bits per heavy atom. The first-order chi connectivity index (χ1) is 11.3. The van der Waals surface area contributed by atoms with Crippen LogP contribution in [0.3, 0.4) is 0 Å². The van der Waals surface area contributed by atoms with Gasteiger partial charge in [0.1, 0.15) is 5.75 Å². The maximum absolute atomic E-state index is 14.0. The van der Waals surface area contributed by atoms with Gasteiger partial charge in [-0.3, -0.25) is 0 Å². The van der Waals surface area contributed by atoms with Crippen LogP contribution in [0, 0.1) is 11.3 Å². The molecule has 124 valence electrons. The Morgan fingerprint density at radius 2 is 1.79 bits per heavy atom. The first-order valence-corrected chi connectivity index (χ1v) is 7.66. The number of fused-ring (bicyclic) bond motifs is 1. The average Bonchev–Trinajstić information content (AvgIpc) is 2.95. The van der Waals surface area contributed by atoms with Crippen LogP contribution >= 0.6 is 0 Å². The molecule has 0 saturated heterocycles. The third-order valence-electron chi connectivity index (χ3n) is 4.46. The van der Waals surface area contributed by atoms with Gasteiger partial charge < -0.3 is 4.74 Å². The van der Waals surface area contributed by atoms with Crippen molar-refractivity contribution in [3.8, 4) is 11.8 Å². The first-order valence-electron chi connectivity index (χ1n) is 7.66. The molecular weight excluding hydrogens is 315 g/mol. The molecule has 0 saturated carbocycles. The Morgan fingerprint density at radius 1 is 1.12 bits per heavy atom. The SMILES string of the molecule is CC(C)c1ccc([C@@]2(C(F)(F)F)Cc3c(C#N)cccc3O2)cc1. The fourth-order valence-electron chi connectivity index (χ4n) is 3.04. The molecule has 1 atom stereocenters. The molecule has 0 fully saturated rings. The minimum absolute atomic E-state index is 0.0551. The third-order valence-corrected chi connectivity index (χ3v) is 4.46. The lowest BCUT2D eigenvalue weighted by atomic mass is 9.86. The summed E-state index contributed by atoms with van der Waals surface area (Å²) in [5.41, 5.74) is -0.899. The first kappa shape index (κ1) is 16.4. The fraction of sp³-hybridized carbons (Fsp3) is 0.316. The van der Waals surface area contributed by atoms with Crippen LogP contribution in [0.5, 0.6) is 5.75 Å². The zero-order chi connectivity index (χ0) is 17.5. The standard InChI is InChI=1S/C19H16F3NO/c1-12(2)13-6-8-15(9-7-13)18(19(20,21)22)10-16-14(11-23)4-3-5-17(16)24-18/h3-9,12H,10H2,1-2H3/t18-/m1/s1. The molecule has 0 aromatic heterocycles. The summed E-state index contributed by atoms with van der Waals surface area (Å²) in [6.45, 7) is 3.96. The van der Waals surface area contributed by atoms with Gasteiger partial charge in [0.15, 0.2) is 0 Å². The van der Waals surface area contributed by atoms with E-state index in [0.29, 0.717) is 5.56 Å². The molecule has 2 aromatic carbocycles. The maximum Gasteiger partial charge on any atom is 0.432 e. The van der Waals surface area contributed by atoms with E-state index >= 15 is 0 Å². The zero-order valence-electron chi connectivity index (χ0n) is 13.3. The Balaban J connectivity index is 2.11. The zero-order valence-corrected chi connectivity index (χ0v) is 13.3. The van der Waals surface area contributed by atoms with Crippen LogP contribution < -0.4 is 4.74 Å². The number of benzene rings is 2. The molecule has 5 heteroatoms. The molecule has 0 bridgehead atoms. The van der Waals surface area contributed by atoms with Crippen LogP contribution in [0.1, 0.15) is 42.0 Å². The number of hydrogen-bond acceptors (Lipinski definition) is 2. The fourth-order valence-corrected chi connectivity index (χ4v) is 3.04. The van der Waals surface area contributed by atoms with Gasteiger partial charge in [-0.2, -0.15) is 18.4 Å². The van der Waals surface area contributed by atoms with Crippen molar-refractivity contribution < 1.29 is 17.9 Å². The van der Waals surface area contributed by atoms with Crippen molar-refractivity contribution >= 4 is 0 Å². The van der Waals surface area contributed by atoms with Crippen LogP contribution in [-0.4, -0.2) is 6.18 Å². The number of nitriles is 1. The highest BCUT2D eigenvalue weighted by Crippen LogP contribution is 2.51. The number of ether oxygens (including phenoxy) is 1. The van der Waals surface area contributed by atoms with Gasteiger partial charge in [-0.05, 0) is 23.6 Å². The van der Waals surface area contributed by atoms with E-state index in [4.69, 9.17) is 10.00 Å². The minimum Gasteiger partial charge on any atom is -0.472 e. The van der Waals surface area contributed by atoms with Gasteiger partial charge in [-0.25, -0.2) is 0 Å². The van der Waals surface area contributed by atoms with E-state index in [2.05, 4.69) is 0 Å². The summed E-state index contributed by atoms with van der Waals surface area (Å²) in [4.78, 5) is 0. The molecule has 3 rings (SSSR count). The van der Waals surface area contributed by atoms with Crippen LogP contribution in [0.15, 0.2) is 42.5 Å². The van der Waals surface area contributed by atoms with Crippen LogP contribution in [0.25, 0.3) is 0 Å². The Kier molecular flexibility index (Phi) is 3.79. The molecule has 0 radical (unpaired) electrons. The van der Waals surface area contributed by atoms with Crippen molar-refractivity contribution in [3.63, 3.8) is 0 Å². The monoisotopic (exact) mass is 331 g/mol. The van der Waals surface area contributed by atoms with Crippen LogP contribution in [0.2, 0.25) is 0 Å². The summed E-state index contributed by atoms with van der Waals surface area (Å²) in [6, 6.07) is 12.8. The van der Waals surface area contributed by atoms with Crippen molar-refractivity contribution in [2.75, 3.05) is 0 Å². The van der Waals surface area contributed by atoms with Crippen LogP contribution in [-0.2, 0) is 12.0 Å². The molecule has 1 heterocycles. The van der Waals surface area contributed by atoms with Gasteiger partial charge in [0.25, 0.3) is 0 Å². The molecule has 1 aliphatic heterocycles. The average molecular weight is 331 g/mol. The topological polar surface area (TPSA) is 33.0 Å². The summed E-state index contributed by atoms with van der Waals surface area (Å²) in [6.07, 6.45) is -4.99. The van der Waals surface area contributed by atoms with Crippen molar-refractivity contribution in [1.82, 2.24) is 0 Å². The van der Waals surface area contributed by atoms with Crippen molar-refractivity contribution in [1.29, 1.82) is 5.26 Å². The number of halogens is 3. The number of alkyl halides is 3.